The second-order valence-electron chi connectivity index (χ2n) is 5.75. The van der Waals surface area contributed by atoms with Crippen LogP contribution in [0.25, 0.3) is 11.8 Å². The van der Waals surface area contributed by atoms with Gasteiger partial charge < -0.3 is 4.90 Å². The number of benzene rings is 1. The Morgan fingerprint density at radius 3 is 2.57 bits per heavy atom. The Hall–Kier alpha value is -2.02. The van der Waals surface area contributed by atoms with E-state index in [0.717, 1.165) is 5.69 Å². The van der Waals surface area contributed by atoms with Crippen molar-refractivity contribution in [3.05, 3.63) is 53.5 Å². The molecule has 0 radical (unpaired) electrons. The van der Waals surface area contributed by atoms with Crippen LogP contribution in [-0.2, 0) is 0 Å². The van der Waals surface area contributed by atoms with Crippen LogP contribution in [0.2, 0.25) is 5.02 Å². The Bertz CT molecular complexity index is 683. The van der Waals surface area contributed by atoms with Crippen molar-refractivity contribution in [1.82, 2.24) is 20.2 Å². The molecule has 6 nitrogen and oxygen atoms in total. The lowest BCUT2D eigenvalue weighted by atomic mass is 10.3. The molecule has 7 heteroatoms. The van der Waals surface area contributed by atoms with Crippen LogP contribution in [0.1, 0.15) is 5.82 Å². The zero-order chi connectivity index (χ0) is 16.1. The summed E-state index contributed by atoms with van der Waals surface area (Å²) in [5, 5.41) is 13.1. The summed E-state index contributed by atoms with van der Waals surface area (Å²) in [5.74, 6) is 0.586. The van der Waals surface area contributed by atoms with Crippen LogP contribution in [0.5, 0.6) is 0 Å². The first-order valence-electron chi connectivity index (χ1n) is 7.77. The van der Waals surface area contributed by atoms with Crippen molar-refractivity contribution in [3.8, 4) is 5.69 Å². The van der Waals surface area contributed by atoms with Crippen LogP contribution in [0.3, 0.4) is 0 Å². The number of tetrazole rings is 1. The number of halogens is 1. The van der Waals surface area contributed by atoms with Crippen LogP contribution >= 0.6 is 11.6 Å². The van der Waals surface area contributed by atoms with E-state index in [4.69, 9.17) is 11.6 Å². The molecular weight excluding hydrogens is 312 g/mol. The van der Waals surface area contributed by atoms with E-state index in [1.807, 2.05) is 24.3 Å². The summed E-state index contributed by atoms with van der Waals surface area (Å²) in [5.41, 5.74) is 0.835. The van der Waals surface area contributed by atoms with Gasteiger partial charge in [0, 0.05) is 5.02 Å². The average molecular weight is 333 g/mol. The summed E-state index contributed by atoms with van der Waals surface area (Å²) in [6, 6.07) is 7.32. The van der Waals surface area contributed by atoms with E-state index < -0.39 is 0 Å². The predicted molar refractivity (Wildman–Crippen MR) is 89.7 cm³/mol. The molecule has 0 unspecified atom stereocenters. The van der Waals surface area contributed by atoms with Gasteiger partial charge in [-0.25, -0.2) is 0 Å². The van der Waals surface area contributed by atoms with Crippen molar-refractivity contribution in [2.24, 2.45) is 0 Å². The van der Waals surface area contributed by atoms with E-state index in [1.54, 1.807) is 17.0 Å². The standard InChI is InChI=1S/C16H19ClN6/c1-21-10-12-22(13-11-21)9-3-2-4-16-18-20-23(19-16)15-7-5-14(17)6-8-15/h2-9H,10-13H2,1H3/p+2/b4-2+,9-3+. The average Bonchev–Trinajstić information content (AvgIpc) is 3.03. The van der Waals surface area contributed by atoms with Gasteiger partial charge in [0.15, 0.2) is 5.82 Å². The minimum Gasteiger partial charge on any atom is -0.328 e. The molecule has 23 heavy (non-hydrogen) atoms. The highest BCUT2D eigenvalue weighted by Crippen LogP contribution is 2.11. The Balaban J connectivity index is 1.57. The van der Waals surface area contributed by atoms with E-state index >= 15 is 0 Å². The fourth-order valence-corrected chi connectivity index (χ4v) is 2.60. The molecule has 2 aromatic rings. The van der Waals surface area contributed by atoms with Crippen molar-refractivity contribution >= 4 is 17.7 Å². The largest absolute Gasteiger partial charge is 0.328 e. The fourth-order valence-electron chi connectivity index (χ4n) is 2.47. The molecule has 2 heterocycles. The maximum atomic E-state index is 5.87. The molecule has 1 saturated heterocycles. The SMILES string of the molecule is C[NH+]1CC[NH+](/C=C/C=C/c2nnn(-c3ccc(Cl)cc3)n2)CC1. The van der Waals surface area contributed by atoms with Crippen LogP contribution in [0, 0.1) is 0 Å². The molecule has 0 aliphatic carbocycles. The fraction of sp³-hybridized carbons (Fsp3) is 0.312. The van der Waals surface area contributed by atoms with Gasteiger partial charge in [-0.15, -0.1) is 15.0 Å². The maximum Gasteiger partial charge on any atom is 0.198 e. The normalized spacial score (nSPS) is 22.2. The van der Waals surface area contributed by atoms with Crippen LogP contribution in [-0.4, -0.2) is 53.4 Å². The number of hydrogen-bond donors (Lipinski definition) is 2. The Labute approximate surface area is 140 Å². The maximum absolute atomic E-state index is 5.87. The van der Waals surface area contributed by atoms with E-state index in [1.165, 1.54) is 35.9 Å². The van der Waals surface area contributed by atoms with E-state index in [0.29, 0.717) is 10.8 Å². The molecular formula is C16H21ClN6+2. The van der Waals surface area contributed by atoms with Crippen molar-refractivity contribution in [2.75, 3.05) is 33.2 Å². The lowest BCUT2D eigenvalue weighted by molar-refractivity contribution is -0.980. The lowest BCUT2D eigenvalue weighted by Crippen LogP contribution is -3.25. The van der Waals surface area contributed by atoms with Crippen molar-refractivity contribution in [1.29, 1.82) is 0 Å². The van der Waals surface area contributed by atoms with Crippen LogP contribution in [0.4, 0.5) is 0 Å². The number of nitrogens with one attached hydrogen (secondary N) is 2. The third-order valence-corrected chi connectivity index (χ3v) is 4.17. The first kappa shape index (κ1) is 15.9. The minimum atomic E-state index is 0.586. The third-order valence-electron chi connectivity index (χ3n) is 3.92. The highest BCUT2D eigenvalue weighted by atomic mass is 35.5. The molecule has 1 aliphatic heterocycles. The molecule has 3 rings (SSSR count). The molecule has 1 aromatic heterocycles. The van der Waals surface area contributed by atoms with Gasteiger partial charge in [-0.05, 0) is 41.6 Å². The van der Waals surface area contributed by atoms with Gasteiger partial charge in [-0.3, -0.25) is 4.90 Å². The summed E-state index contributed by atoms with van der Waals surface area (Å²) in [4.78, 5) is 4.62. The van der Waals surface area contributed by atoms with Crippen molar-refractivity contribution in [2.45, 2.75) is 0 Å². The highest BCUT2D eigenvalue weighted by molar-refractivity contribution is 6.30. The second kappa shape index (κ2) is 7.50. The van der Waals surface area contributed by atoms with E-state index in [9.17, 15) is 0 Å². The van der Waals surface area contributed by atoms with Gasteiger partial charge in [0.25, 0.3) is 0 Å². The van der Waals surface area contributed by atoms with Gasteiger partial charge >= 0.3 is 0 Å². The highest BCUT2D eigenvalue weighted by Gasteiger charge is 2.16. The lowest BCUT2D eigenvalue weighted by Gasteiger charge is -2.24. The summed E-state index contributed by atoms with van der Waals surface area (Å²) in [7, 11) is 2.25. The summed E-state index contributed by atoms with van der Waals surface area (Å²) in [6.07, 6.45) is 8.07. The third kappa shape index (κ3) is 4.48. The molecule has 120 valence electrons. The molecule has 0 bridgehead atoms. The molecule has 1 aliphatic rings. The summed E-state index contributed by atoms with van der Waals surface area (Å²) >= 11 is 5.87. The van der Waals surface area contributed by atoms with Gasteiger partial charge in [-0.1, -0.05) is 17.7 Å². The molecule has 0 atom stereocenters. The van der Waals surface area contributed by atoms with Crippen molar-refractivity contribution < 1.29 is 9.80 Å². The van der Waals surface area contributed by atoms with Crippen LogP contribution < -0.4 is 9.80 Å². The Morgan fingerprint density at radius 1 is 1.09 bits per heavy atom. The Kier molecular flexibility index (Phi) is 5.17. The van der Waals surface area contributed by atoms with Gasteiger partial charge in [0.1, 0.15) is 26.2 Å². The summed E-state index contributed by atoms with van der Waals surface area (Å²) < 4.78 is 0. The number of aromatic nitrogens is 4. The smallest absolute Gasteiger partial charge is 0.198 e. The molecule has 0 saturated carbocycles. The number of likely N-dealkylation sites (N-methyl/N-ethyl adjacent to an activating group) is 1. The number of rotatable bonds is 4. The number of quaternary nitrogens is 2. The quantitative estimate of drug-likeness (QED) is 0.725. The number of piperazine rings is 1. The van der Waals surface area contributed by atoms with Crippen molar-refractivity contribution in [3.63, 3.8) is 0 Å². The minimum absolute atomic E-state index is 0.586. The predicted octanol–water partition coefficient (Wildman–Crippen LogP) is -0.744. The molecule has 0 amide bonds. The molecule has 0 spiro atoms. The molecule has 2 N–H and O–H groups in total. The summed E-state index contributed by atoms with van der Waals surface area (Å²) in [6.45, 7) is 4.81. The number of hydrogen-bond acceptors (Lipinski definition) is 3. The van der Waals surface area contributed by atoms with E-state index in [-0.39, 0.29) is 0 Å². The van der Waals surface area contributed by atoms with Gasteiger partial charge in [0.05, 0.1) is 18.9 Å². The topological polar surface area (TPSA) is 52.5 Å². The Morgan fingerprint density at radius 2 is 1.83 bits per heavy atom. The van der Waals surface area contributed by atoms with E-state index in [2.05, 4.69) is 34.7 Å². The monoisotopic (exact) mass is 332 g/mol. The molecule has 1 fully saturated rings. The zero-order valence-electron chi connectivity index (χ0n) is 13.1. The number of nitrogens with zero attached hydrogens (tertiary/aromatic N) is 4. The zero-order valence-corrected chi connectivity index (χ0v) is 13.9. The first-order valence-corrected chi connectivity index (χ1v) is 8.15. The van der Waals surface area contributed by atoms with Gasteiger partial charge in [-0.2, -0.15) is 0 Å². The van der Waals surface area contributed by atoms with Gasteiger partial charge in [0.2, 0.25) is 0 Å². The second-order valence-corrected chi connectivity index (χ2v) is 6.18. The number of allylic oxidation sites excluding steroid dienone is 2. The molecule has 1 aromatic carbocycles. The first-order chi connectivity index (χ1) is 11.2. The van der Waals surface area contributed by atoms with Crippen LogP contribution in [0.15, 0.2) is 42.6 Å².